The molecule has 0 aliphatic carbocycles. The van der Waals surface area contributed by atoms with Crippen molar-refractivity contribution in [1.82, 2.24) is 0 Å². The minimum Gasteiger partial charge on any atom is -0.423 e. The van der Waals surface area contributed by atoms with Crippen LogP contribution in [0.3, 0.4) is 0 Å². The normalized spacial score (nSPS) is 10.6. The second-order valence-electron chi connectivity index (χ2n) is 9.99. The molecule has 0 spiro atoms. The van der Waals surface area contributed by atoms with Crippen molar-refractivity contribution >= 4 is 123 Å². The molecule has 2 nitrogen and oxygen atoms in total. The Morgan fingerprint density at radius 1 is 0.422 bits per heavy atom. The van der Waals surface area contributed by atoms with Crippen LogP contribution >= 0.6 is 70.5 Å². The summed E-state index contributed by atoms with van der Waals surface area (Å²) in [5.41, 5.74) is 3.08. The van der Waals surface area contributed by atoms with Crippen LogP contribution in [0.5, 0.6) is 0 Å². The van der Waals surface area contributed by atoms with Crippen molar-refractivity contribution in [3.8, 4) is 11.1 Å². The lowest BCUT2D eigenvalue weighted by Gasteiger charge is -2.01. The van der Waals surface area contributed by atoms with E-state index in [0.29, 0.717) is 5.46 Å². The summed E-state index contributed by atoms with van der Waals surface area (Å²) in [5.74, 6) is 0. The van der Waals surface area contributed by atoms with Crippen molar-refractivity contribution in [3.05, 3.63) is 147 Å². The van der Waals surface area contributed by atoms with Gasteiger partial charge in [-0.1, -0.05) is 146 Å². The number of thiophene rings is 2. The van der Waals surface area contributed by atoms with Gasteiger partial charge in [-0.15, -0.1) is 22.7 Å². The van der Waals surface area contributed by atoms with Gasteiger partial charge in [0.25, 0.3) is 0 Å². The highest BCUT2D eigenvalue weighted by Gasteiger charge is 2.08. The summed E-state index contributed by atoms with van der Waals surface area (Å²) in [6, 6.07) is 45.3. The Hall–Kier alpha value is -2.82. The first kappa shape index (κ1) is 33.5. The standard InChI is InChI=1S/C18H11BrS.C12H6Br2S.C6H7BO2.CH4/c19-14-7-9-16-15-8-6-13(12-4-2-1-3-5-12)10-17(15)20-18(16)11-14;13-7-1-3-9-10-4-2-8(14)6-12(10)15-11(9)5-7;8-7(9)6-4-2-1-3-5-6;/h1-11H;1-6H;1-5,8-9H;1H4. The van der Waals surface area contributed by atoms with Crippen molar-refractivity contribution in [2.24, 2.45) is 0 Å². The zero-order chi connectivity index (χ0) is 30.6. The van der Waals surface area contributed by atoms with Gasteiger partial charge in [-0.2, -0.15) is 0 Å². The number of benzene rings is 6. The lowest BCUT2D eigenvalue weighted by molar-refractivity contribution is 0.426. The van der Waals surface area contributed by atoms with Crippen molar-refractivity contribution in [3.63, 3.8) is 0 Å². The lowest BCUT2D eigenvalue weighted by atomic mass is 9.81. The third kappa shape index (κ3) is 7.95. The van der Waals surface area contributed by atoms with Gasteiger partial charge in [0.15, 0.2) is 0 Å². The molecule has 0 amide bonds. The molecule has 0 aliphatic rings. The molecule has 0 saturated heterocycles. The molecular formula is C37H28BBr3O2S2. The zero-order valence-electron chi connectivity index (χ0n) is 23.1. The van der Waals surface area contributed by atoms with E-state index in [4.69, 9.17) is 10.0 Å². The highest BCUT2D eigenvalue weighted by atomic mass is 79.9. The van der Waals surface area contributed by atoms with Crippen LogP contribution in [0.1, 0.15) is 7.43 Å². The summed E-state index contributed by atoms with van der Waals surface area (Å²) in [6.07, 6.45) is 0. The van der Waals surface area contributed by atoms with Gasteiger partial charge in [-0.05, 0) is 59.1 Å². The van der Waals surface area contributed by atoms with Gasteiger partial charge < -0.3 is 10.0 Å². The molecule has 45 heavy (non-hydrogen) atoms. The Morgan fingerprint density at radius 3 is 1.20 bits per heavy atom. The van der Waals surface area contributed by atoms with Gasteiger partial charge in [-0.25, -0.2) is 0 Å². The number of hydrogen-bond donors (Lipinski definition) is 2. The minimum atomic E-state index is -1.34. The van der Waals surface area contributed by atoms with Crippen LogP contribution in [-0.4, -0.2) is 17.2 Å². The molecule has 224 valence electrons. The van der Waals surface area contributed by atoms with Gasteiger partial charge >= 0.3 is 7.12 Å². The Kier molecular flexibility index (Phi) is 11.3. The zero-order valence-corrected chi connectivity index (χ0v) is 29.5. The predicted molar refractivity (Wildman–Crippen MR) is 210 cm³/mol. The maximum absolute atomic E-state index is 8.58. The third-order valence-electron chi connectivity index (χ3n) is 7.04. The number of fused-ring (bicyclic) bond motifs is 6. The molecule has 0 fully saturated rings. The molecule has 2 aromatic heterocycles. The molecule has 0 atom stereocenters. The van der Waals surface area contributed by atoms with Crippen LogP contribution in [0.15, 0.2) is 147 Å². The van der Waals surface area contributed by atoms with Crippen LogP contribution < -0.4 is 5.46 Å². The quantitative estimate of drug-likeness (QED) is 0.171. The first-order valence-corrected chi connectivity index (χ1v) is 17.7. The van der Waals surface area contributed by atoms with Crippen LogP contribution in [0.25, 0.3) is 51.5 Å². The number of halogens is 3. The second-order valence-corrected chi connectivity index (χ2v) is 14.9. The summed E-state index contributed by atoms with van der Waals surface area (Å²) in [7, 11) is -1.34. The van der Waals surface area contributed by atoms with Gasteiger partial charge in [0.05, 0.1) is 0 Å². The third-order valence-corrected chi connectivity index (χ3v) is 10.7. The van der Waals surface area contributed by atoms with Crippen LogP contribution in [0.4, 0.5) is 0 Å². The highest BCUT2D eigenvalue weighted by Crippen LogP contribution is 2.38. The van der Waals surface area contributed by atoms with E-state index in [1.807, 2.05) is 28.7 Å². The molecule has 6 aromatic carbocycles. The van der Waals surface area contributed by atoms with E-state index < -0.39 is 7.12 Å². The molecule has 0 unspecified atom stereocenters. The van der Waals surface area contributed by atoms with Gasteiger partial charge in [0.1, 0.15) is 0 Å². The van der Waals surface area contributed by atoms with Gasteiger partial charge in [0, 0.05) is 53.8 Å². The van der Waals surface area contributed by atoms with E-state index in [9.17, 15) is 0 Å². The monoisotopic (exact) mass is 816 g/mol. The Morgan fingerprint density at radius 2 is 0.800 bits per heavy atom. The lowest BCUT2D eigenvalue weighted by Crippen LogP contribution is -2.29. The second kappa shape index (κ2) is 15.2. The van der Waals surface area contributed by atoms with E-state index in [-0.39, 0.29) is 7.43 Å². The summed E-state index contributed by atoms with van der Waals surface area (Å²) < 4.78 is 8.76. The largest absolute Gasteiger partial charge is 0.488 e. The topological polar surface area (TPSA) is 40.5 Å². The molecule has 0 aliphatic heterocycles. The van der Waals surface area contributed by atoms with E-state index in [0.717, 1.165) is 13.4 Å². The van der Waals surface area contributed by atoms with E-state index in [1.165, 1.54) is 51.5 Å². The summed E-state index contributed by atoms with van der Waals surface area (Å²) in [4.78, 5) is 0. The van der Waals surface area contributed by atoms with E-state index in [2.05, 4.69) is 151 Å². The van der Waals surface area contributed by atoms with Crippen LogP contribution in [0, 0.1) is 0 Å². The predicted octanol–water partition coefficient (Wildman–Crippen LogP) is 12.1. The summed E-state index contributed by atoms with van der Waals surface area (Å²) in [5, 5.41) is 22.5. The average molecular weight is 819 g/mol. The Labute approximate surface area is 296 Å². The molecule has 0 bridgehead atoms. The maximum Gasteiger partial charge on any atom is 0.488 e. The molecule has 8 aromatic rings. The molecular weight excluding hydrogens is 791 g/mol. The molecule has 2 N–H and O–H groups in total. The fourth-order valence-electron chi connectivity index (χ4n) is 4.91. The molecule has 8 rings (SSSR count). The fraction of sp³-hybridized carbons (Fsp3) is 0.0270. The molecule has 2 heterocycles. The number of hydrogen-bond acceptors (Lipinski definition) is 4. The summed E-state index contributed by atoms with van der Waals surface area (Å²) in [6.45, 7) is 0. The molecule has 0 radical (unpaired) electrons. The first-order valence-electron chi connectivity index (χ1n) is 13.7. The Balaban J connectivity index is 0.000000142. The molecule has 0 saturated carbocycles. The fourth-order valence-corrected chi connectivity index (χ4v) is 8.82. The SMILES string of the molecule is Brc1ccc2c(c1)sc1cc(-c3ccccc3)ccc12.Brc1ccc2c(c1)sc1cc(Br)ccc12.C.OB(O)c1ccccc1. The number of rotatable bonds is 2. The van der Waals surface area contributed by atoms with E-state index in [1.54, 1.807) is 24.3 Å². The van der Waals surface area contributed by atoms with Crippen LogP contribution in [-0.2, 0) is 0 Å². The van der Waals surface area contributed by atoms with Gasteiger partial charge in [0.2, 0.25) is 0 Å². The van der Waals surface area contributed by atoms with Crippen molar-refractivity contribution in [1.29, 1.82) is 0 Å². The Bertz CT molecular complexity index is 2140. The van der Waals surface area contributed by atoms with Crippen molar-refractivity contribution in [2.45, 2.75) is 7.43 Å². The smallest absolute Gasteiger partial charge is 0.423 e. The van der Waals surface area contributed by atoms with Crippen LogP contribution in [0.2, 0.25) is 0 Å². The minimum absolute atomic E-state index is 0. The maximum atomic E-state index is 8.58. The average Bonchev–Trinajstić information content (AvgIpc) is 3.58. The summed E-state index contributed by atoms with van der Waals surface area (Å²) >= 11 is 14.2. The highest BCUT2D eigenvalue weighted by molar-refractivity contribution is 9.11. The van der Waals surface area contributed by atoms with Gasteiger partial charge in [-0.3, -0.25) is 0 Å². The van der Waals surface area contributed by atoms with Crippen molar-refractivity contribution < 1.29 is 10.0 Å². The molecule has 8 heteroatoms. The first-order chi connectivity index (χ1) is 21.4. The van der Waals surface area contributed by atoms with E-state index >= 15 is 0 Å². The van der Waals surface area contributed by atoms with Crippen molar-refractivity contribution in [2.75, 3.05) is 0 Å².